The number of nitrogens with zero attached hydrogens (tertiary/aromatic N) is 5. The van der Waals surface area contributed by atoms with Crippen molar-refractivity contribution in [3.8, 4) is 45.3 Å². The molecule has 3 aliphatic rings. The fourth-order valence-corrected chi connectivity index (χ4v) is 10.6. The average Bonchev–Trinajstić information content (AvgIpc) is 4.27. The molecule has 10 rings (SSSR count). The second-order valence-corrected chi connectivity index (χ2v) is 20.0. The second kappa shape index (κ2) is 21.4. The van der Waals surface area contributed by atoms with Gasteiger partial charge >= 0.3 is 0 Å². The van der Waals surface area contributed by atoms with Crippen LogP contribution in [0.5, 0.6) is 11.5 Å². The molecule has 0 spiro atoms. The van der Waals surface area contributed by atoms with E-state index >= 15 is 0 Å². The van der Waals surface area contributed by atoms with Crippen molar-refractivity contribution in [2.45, 2.75) is 103 Å². The molecule has 2 saturated heterocycles. The maximum atomic E-state index is 13.4. The van der Waals surface area contributed by atoms with Crippen molar-refractivity contribution in [1.82, 2.24) is 39.6 Å². The van der Waals surface area contributed by atoms with Crippen LogP contribution in [0.15, 0.2) is 109 Å². The number of amides is 1. The Balaban J connectivity index is 0.949. The number of benzene rings is 4. The van der Waals surface area contributed by atoms with Gasteiger partial charge in [-0.15, -0.1) is 0 Å². The van der Waals surface area contributed by atoms with Crippen molar-refractivity contribution in [2.75, 3.05) is 33.4 Å². The Morgan fingerprint density at radius 2 is 1.56 bits per heavy atom. The Morgan fingerprint density at radius 3 is 2.31 bits per heavy atom. The molecule has 3 unspecified atom stereocenters. The molecule has 6 heterocycles. The molecule has 4 aromatic carbocycles. The molecule has 2 fully saturated rings. The quantitative estimate of drug-likeness (QED) is 0.0335. The third-order valence-electron chi connectivity index (χ3n) is 14.5. The zero-order valence-corrected chi connectivity index (χ0v) is 41.7. The van der Waals surface area contributed by atoms with Gasteiger partial charge in [0.1, 0.15) is 36.0 Å². The summed E-state index contributed by atoms with van der Waals surface area (Å²) in [5.74, 6) is 2.99. The van der Waals surface area contributed by atoms with Crippen LogP contribution >= 0.6 is 0 Å². The van der Waals surface area contributed by atoms with Gasteiger partial charge in [-0.1, -0.05) is 82.3 Å². The number of nitrogens with one attached hydrogen (secondary N) is 3. The number of likely N-dealkylation sites (tertiary alicyclic amines) is 2. The third-order valence-corrected chi connectivity index (χ3v) is 14.5. The number of rotatable bonds is 19. The number of aromatic nitrogens is 5. The number of fused-ring (bicyclic) bond motifs is 5. The van der Waals surface area contributed by atoms with Crippen molar-refractivity contribution in [1.29, 1.82) is 0 Å². The van der Waals surface area contributed by atoms with E-state index < -0.39 is 31.0 Å². The summed E-state index contributed by atoms with van der Waals surface area (Å²) in [4.78, 5) is 34.2. The predicted molar refractivity (Wildman–Crippen MR) is 275 cm³/mol. The van der Waals surface area contributed by atoms with Crippen molar-refractivity contribution in [3.63, 3.8) is 0 Å². The number of aliphatic hydroxyl groups is 2. The van der Waals surface area contributed by atoms with Gasteiger partial charge in [0.2, 0.25) is 18.5 Å². The molecular formula is C56H67N9O7. The number of carbonyl (C=O) groups excluding carboxylic acids is 1. The molecule has 7 N–H and O–H groups in total. The van der Waals surface area contributed by atoms with E-state index in [9.17, 15) is 15.0 Å². The Bertz CT molecular complexity index is 2970. The summed E-state index contributed by atoms with van der Waals surface area (Å²) in [6.45, 7) is 10.7. The molecule has 16 heteroatoms. The maximum absolute atomic E-state index is 13.4. The van der Waals surface area contributed by atoms with Gasteiger partial charge in [-0.25, -0.2) is 9.97 Å². The van der Waals surface area contributed by atoms with Gasteiger partial charge in [0.15, 0.2) is 0 Å². The molecule has 0 bridgehead atoms. The molecule has 0 aliphatic carbocycles. The highest BCUT2D eigenvalue weighted by molar-refractivity contribution is 5.92. The van der Waals surface area contributed by atoms with Crippen molar-refractivity contribution < 1.29 is 34.0 Å². The summed E-state index contributed by atoms with van der Waals surface area (Å²) in [5.41, 5.74) is 14.9. The van der Waals surface area contributed by atoms with E-state index in [0.29, 0.717) is 38.7 Å². The van der Waals surface area contributed by atoms with E-state index in [2.05, 4.69) is 73.3 Å². The number of aliphatic hydroxyl groups excluding tert-OH is 2. The number of methoxy groups -OCH3 is 1. The second-order valence-electron chi connectivity index (χ2n) is 20.0. The van der Waals surface area contributed by atoms with Crippen LogP contribution in [0.25, 0.3) is 44.7 Å². The van der Waals surface area contributed by atoms with Gasteiger partial charge in [-0.3, -0.25) is 15.0 Å². The van der Waals surface area contributed by atoms with Gasteiger partial charge in [-0.05, 0) is 85.5 Å². The molecule has 378 valence electrons. The molecule has 16 nitrogen and oxygen atoms in total. The summed E-state index contributed by atoms with van der Waals surface area (Å²) in [6.07, 6.45) is 4.55. The number of hydrogen-bond donors (Lipinski definition) is 6. The molecule has 7 aromatic rings. The molecular weight excluding hydrogens is 911 g/mol. The zero-order chi connectivity index (χ0) is 50.0. The first kappa shape index (κ1) is 49.2. The molecule has 0 radical (unpaired) electrons. The summed E-state index contributed by atoms with van der Waals surface area (Å²) >= 11 is 0. The van der Waals surface area contributed by atoms with Gasteiger partial charge in [-0.2, -0.15) is 0 Å². The van der Waals surface area contributed by atoms with E-state index in [1.54, 1.807) is 0 Å². The number of imidazole rings is 2. The highest BCUT2D eigenvalue weighted by Crippen LogP contribution is 2.47. The van der Waals surface area contributed by atoms with E-state index in [4.69, 9.17) is 34.6 Å². The van der Waals surface area contributed by atoms with Gasteiger partial charge in [0.25, 0.3) is 0 Å². The lowest BCUT2D eigenvalue weighted by Gasteiger charge is -2.37. The average molecular weight is 978 g/mol. The van der Waals surface area contributed by atoms with Gasteiger partial charge < -0.3 is 54.3 Å². The van der Waals surface area contributed by atoms with Crippen LogP contribution in [0.4, 0.5) is 0 Å². The number of ether oxygens (including phenoxy) is 4. The summed E-state index contributed by atoms with van der Waals surface area (Å²) in [5, 5.41) is 25.9. The van der Waals surface area contributed by atoms with Crippen molar-refractivity contribution in [3.05, 3.63) is 132 Å². The predicted octanol–water partition coefficient (Wildman–Crippen LogP) is 8.26. The van der Waals surface area contributed by atoms with E-state index in [-0.39, 0.29) is 29.8 Å². The lowest BCUT2D eigenvalue weighted by atomic mass is 10.0. The molecule has 3 aromatic heterocycles. The van der Waals surface area contributed by atoms with Crippen molar-refractivity contribution in [2.24, 2.45) is 17.6 Å². The normalized spacial score (nSPS) is 19.6. The van der Waals surface area contributed by atoms with Crippen LogP contribution in [0.3, 0.4) is 0 Å². The Labute approximate surface area is 420 Å². The first-order chi connectivity index (χ1) is 34.9. The van der Waals surface area contributed by atoms with Crippen LogP contribution in [0.1, 0.15) is 94.5 Å². The number of carbonyl (C=O) groups is 1. The standard InChI is InChI=1S/C56H67N9O7/c1-33(2)49(57)53(66)63-22-10-16-45(63)51-59-31-43(61-51)37-18-20-41-47-28-39-26-36(42-30-58-52(60-42)46-17-11-23-64(46)54(67)50(34(3)4)62-56(68)69-5)19-21-44(39)65(47)55(72-48(41)29-37)38-14-9-15-40(27-38)71-25-24-70-32-35-12-7-6-8-13-35/h6-9,12-15,18-21,26-31,33-34,45-46,49-50,54-56,62,67-68H,10-11,16-17,22-25,32,57H2,1-5H3,(H,58,60)(H,59,61)/t45-,46-,49-,50-,54?,55?,56?/m0/s1. The van der Waals surface area contributed by atoms with Gasteiger partial charge in [0.05, 0.1) is 72.4 Å². The molecule has 1 amide bonds. The monoisotopic (exact) mass is 978 g/mol. The maximum Gasteiger partial charge on any atom is 0.240 e. The van der Waals surface area contributed by atoms with Crippen LogP contribution < -0.4 is 20.5 Å². The summed E-state index contributed by atoms with van der Waals surface area (Å²) in [7, 11) is 1.42. The van der Waals surface area contributed by atoms with Crippen molar-refractivity contribution >= 4 is 16.8 Å². The molecule has 72 heavy (non-hydrogen) atoms. The lowest BCUT2D eigenvalue weighted by Crippen LogP contribution is -2.55. The fourth-order valence-electron chi connectivity index (χ4n) is 10.6. The fraction of sp³-hybridized carbons (Fsp3) is 0.411. The summed E-state index contributed by atoms with van der Waals surface area (Å²) in [6, 6.07) is 31.8. The Hall–Kier alpha value is -6.37. The minimum atomic E-state index is -1.19. The largest absolute Gasteiger partial charge is 0.491 e. The van der Waals surface area contributed by atoms with Crippen LogP contribution in [0, 0.1) is 11.8 Å². The van der Waals surface area contributed by atoms with Gasteiger partial charge in [0, 0.05) is 47.8 Å². The highest BCUT2D eigenvalue weighted by atomic mass is 16.6. The van der Waals surface area contributed by atoms with Crippen LogP contribution in [0.2, 0.25) is 0 Å². The number of aromatic amines is 2. The Kier molecular flexibility index (Phi) is 14.6. The zero-order valence-electron chi connectivity index (χ0n) is 41.7. The molecule has 0 saturated carbocycles. The van der Waals surface area contributed by atoms with Crippen LogP contribution in [-0.4, -0.2) is 109 Å². The topological polar surface area (TPSA) is 201 Å². The number of nitrogens with two attached hydrogens (primary N) is 1. The first-order valence-corrected chi connectivity index (χ1v) is 25.3. The van der Waals surface area contributed by atoms with Crippen LogP contribution in [-0.2, 0) is 20.9 Å². The SMILES string of the molecule is COC(O)N[C@@H](C(C)C)C(O)N1CCC[C@H]1c1ncc(-c2ccc3c(c2)cc2n3C(c3cccc(OCCOCc4ccccc4)c3)Oc3cc(-c4cnc([C@@H]5CCCN5C(=O)[C@@H](N)C(C)C)[nH]4)ccc3-2)[nH]1. The first-order valence-electron chi connectivity index (χ1n) is 25.3. The molecule has 3 aliphatic heterocycles. The lowest BCUT2D eigenvalue weighted by molar-refractivity contribution is -0.134. The van der Waals surface area contributed by atoms with E-state index in [1.165, 1.54) is 7.11 Å². The van der Waals surface area contributed by atoms with E-state index in [1.807, 2.05) is 93.5 Å². The number of H-pyrrole nitrogens is 2. The summed E-state index contributed by atoms with van der Waals surface area (Å²) < 4.78 is 26.6. The Morgan fingerprint density at radius 1 is 0.833 bits per heavy atom. The molecule has 7 atom stereocenters. The van der Waals surface area contributed by atoms with E-state index in [0.717, 1.165) is 98.9 Å². The third kappa shape index (κ3) is 10.0. The number of hydrogen-bond acceptors (Lipinski definition) is 12. The highest BCUT2D eigenvalue weighted by Gasteiger charge is 2.39. The minimum Gasteiger partial charge on any atom is -0.491 e. The minimum absolute atomic E-state index is 0.0246. The smallest absolute Gasteiger partial charge is 0.240 e.